The minimum absolute atomic E-state index is 0.0428. The number of aromatic nitrogens is 4. The molecule has 4 rings (SSSR count). The van der Waals surface area contributed by atoms with E-state index in [4.69, 9.17) is 0 Å². The van der Waals surface area contributed by atoms with Crippen molar-refractivity contribution in [1.29, 1.82) is 0 Å². The first-order valence-electron chi connectivity index (χ1n) is 10.2. The van der Waals surface area contributed by atoms with Crippen LogP contribution in [-0.2, 0) is 4.79 Å². The van der Waals surface area contributed by atoms with E-state index in [0.29, 0.717) is 22.4 Å². The normalized spacial score (nSPS) is 17.1. The summed E-state index contributed by atoms with van der Waals surface area (Å²) in [5, 5.41) is 15.6. The van der Waals surface area contributed by atoms with Gasteiger partial charge in [0.1, 0.15) is 0 Å². The quantitative estimate of drug-likeness (QED) is 0.730. The van der Waals surface area contributed by atoms with Gasteiger partial charge in [0.05, 0.1) is 11.8 Å². The third-order valence-electron chi connectivity index (χ3n) is 5.70. The highest BCUT2D eigenvalue weighted by atomic mass is 32.2. The fraction of sp³-hybridized carbons (Fsp3) is 0.550. The van der Waals surface area contributed by atoms with Crippen LogP contribution < -0.4 is 5.32 Å². The number of benzene rings is 1. The summed E-state index contributed by atoms with van der Waals surface area (Å²) in [7, 11) is 0. The number of amides is 2. The molecule has 0 radical (unpaired) electrons. The molecule has 8 nitrogen and oxygen atoms in total. The number of carbonyl (C=O) groups is 2. The summed E-state index contributed by atoms with van der Waals surface area (Å²) in [5.74, 6) is 0.127. The van der Waals surface area contributed by atoms with Crippen molar-refractivity contribution in [1.82, 2.24) is 25.1 Å². The highest BCUT2D eigenvalue weighted by Crippen LogP contribution is 2.31. The number of rotatable bonds is 6. The zero-order chi connectivity index (χ0) is 20.2. The Labute approximate surface area is 174 Å². The predicted molar refractivity (Wildman–Crippen MR) is 111 cm³/mol. The lowest BCUT2D eigenvalue weighted by molar-refractivity contribution is -0.113. The summed E-state index contributed by atoms with van der Waals surface area (Å²) in [5.41, 5.74) is 2.14. The molecule has 1 aliphatic carbocycles. The Hall–Kier alpha value is -2.42. The van der Waals surface area contributed by atoms with Crippen LogP contribution in [0.5, 0.6) is 0 Å². The van der Waals surface area contributed by atoms with Gasteiger partial charge < -0.3 is 10.2 Å². The first kappa shape index (κ1) is 19.9. The molecular formula is C20H26N6O2S. The van der Waals surface area contributed by atoms with Crippen molar-refractivity contribution >= 4 is 29.3 Å². The van der Waals surface area contributed by atoms with Crippen LogP contribution in [0.4, 0.5) is 5.69 Å². The summed E-state index contributed by atoms with van der Waals surface area (Å²) in [6, 6.07) is 5.82. The van der Waals surface area contributed by atoms with E-state index < -0.39 is 0 Å². The lowest BCUT2D eigenvalue weighted by Gasteiger charge is -2.18. The predicted octanol–water partition coefficient (Wildman–Crippen LogP) is 3.06. The van der Waals surface area contributed by atoms with Gasteiger partial charge in [-0.2, -0.15) is 0 Å². The van der Waals surface area contributed by atoms with Gasteiger partial charge >= 0.3 is 0 Å². The van der Waals surface area contributed by atoms with Crippen LogP contribution in [0.15, 0.2) is 23.4 Å². The van der Waals surface area contributed by atoms with Crippen molar-refractivity contribution in [2.45, 2.75) is 56.6 Å². The van der Waals surface area contributed by atoms with E-state index in [0.717, 1.165) is 44.3 Å². The van der Waals surface area contributed by atoms with E-state index >= 15 is 0 Å². The van der Waals surface area contributed by atoms with Crippen molar-refractivity contribution < 1.29 is 9.59 Å². The van der Waals surface area contributed by atoms with Gasteiger partial charge in [0, 0.05) is 24.3 Å². The van der Waals surface area contributed by atoms with Gasteiger partial charge in [0.15, 0.2) is 0 Å². The molecule has 0 atom stereocenters. The molecule has 2 amide bonds. The van der Waals surface area contributed by atoms with Crippen LogP contribution in [0.25, 0.3) is 0 Å². The number of nitrogens with one attached hydrogen (secondary N) is 1. The fourth-order valence-electron chi connectivity index (χ4n) is 4.07. The van der Waals surface area contributed by atoms with E-state index in [9.17, 15) is 9.59 Å². The number of anilines is 1. The largest absolute Gasteiger partial charge is 0.339 e. The minimum atomic E-state index is -0.134. The zero-order valence-electron chi connectivity index (χ0n) is 16.6. The van der Waals surface area contributed by atoms with Gasteiger partial charge in [-0.3, -0.25) is 9.59 Å². The molecule has 2 aliphatic rings. The monoisotopic (exact) mass is 414 g/mol. The van der Waals surface area contributed by atoms with E-state index in [2.05, 4.69) is 20.8 Å². The number of carbonyl (C=O) groups excluding carboxylic acids is 2. The molecule has 1 aliphatic heterocycles. The number of hydrogen-bond donors (Lipinski definition) is 1. The Morgan fingerprint density at radius 2 is 1.93 bits per heavy atom. The molecule has 2 heterocycles. The molecule has 9 heteroatoms. The van der Waals surface area contributed by atoms with Crippen LogP contribution in [0.3, 0.4) is 0 Å². The molecule has 1 saturated heterocycles. The second-order valence-electron chi connectivity index (χ2n) is 7.66. The first-order chi connectivity index (χ1) is 14.1. The number of likely N-dealkylation sites (tertiary alicyclic amines) is 1. The molecule has 0 unspecified atom stereocenters. The molecule has 154 valence electrons. The van der Waals surface area contributed by atoms with Gasteiger partial charge in [-0.1, -0.05) is 30.7 Å². The van der Waals surface area contributed by atoms with Gasteiger partial charge in [0.25, 0.3) is 5.91 Å². The van der Waals surface area contributed by atoms with Crippen LogP contribution >= 0.6 is 11.8 Å². The van der Waals surface area contributed by atoms with Crippen molar-refractivity contribution in [3.63, 3.8) is 0 Å². The number of thioether (sulfide) groups is 1. The maximum Gasteiger partial charge on any atom is 0.254 e. The molecule has 1 aromatic carbocycles. The molecular weight excluding hydrogens is 388 g/mol. The average molecular weight is 415 g/mol. The first-order valence-corrected chi connectivity index (χ1v) is 11.2. The summed E-state index contributed by atoms with van der Waals surface area (Å²) in [6.45, 7) is 3.50. The van der Waals surface area contributed by atoms with E-state index in [1.807, 2.05) is 34.7 Å². The van der Waals surface area contributed by atoms with Gasteiger partial charge in [-0.25, -0.2) is 4.68 Å². The Kier molecular flexibility index (Phi) is 6.13. The Morgan fingerprint density at radius 3 is 2.69 bits per heavy atom. The van der Waals surface area contributed by atoms with Crippen LogP contribution in [-0.4, -0.2) is 55.8 Å². The van der Waals surface area contributed by atoms with Crippen LogP contribution in [0, 0.1) is 6.92 Å². The summed E-state index contributed by atoms with van der Waals surface area (Å²) >= 11 is 1.34. The second kappa shape index (κ2) is 8.94. The molecule has 29 heavy (non-hydrogen) atoms. The molecule has 2 aromatic rings. The van der Waals surface area contributed by atoms with Crippen molar-refractivity contribution in [3.8, 4) is 0 Å². The maximum absolute atomic E-state index is 12.7. The Morgan fingerprint density at radius 1 is 1.17 bits per heavy atom. The molecule has 1 aromatic heterocycles. The Balaban J connectivity index is 1.38. The molecule has 2 fully saturated rings. The van der Waals surface area contributed by atoms with Crippen LogP contribution in [0.1, 0.15) is 60.5 Å². The number of nitrogens with zero attached hydrogens (tertiary/aromatic N) is 5. The van der Waals surface area contributed by atoms with E-state index in [-0.39, 0.29) is 17.6 Å². The highest BCUT2D eigenvalue weighted by molar-refractivity contribution is 7.99. The highest BCUT2D eigenvalue weighted by Gasteiger charge is 2.23. The molecule has 0 spiro atoms. The lowest BCUT2D eigenvalue weighted by Crippen LogP contribution is -2.28. The summed E-state index contributed by atoms with van der Waals surface area (Å²) in [4.78, 5) is 27.1. The SMILES string of the molecule is Cc1c(NC(=O)CSc2nnnn2C2CCCC2)cccc1C(=O)N1CCCC1. The smallest absolute Gasteiger partial charge is 0.254 e. The minimum Gasteiger partial charge on any atom is -0.339 e. The molecule has 1 saturated carbocycles. The third-order valence-corrected chi connectivity index (χ3v) is 6.63. The van der Waals surface area contributed by atoms with Gasteiger partial charge in [-0.15, -0.1) is 5.10 Å². The van der Waals surface area contributed by atoms with Gasteiger partial charge in [0.2, 0.25) is 11.1 Å². The lowest BCUT2D eigenvalue weighted by atomic mass is 10.1. The van der Waals surface area contributed by atoms with Crippen molar-refractivity contribution in [3.05, 3.63) is 29.3 Å². The maximum atomic E-state index is 12.7. The van der Waals surface area contributed by atoms with Crippen molar-refractivity contribution in [2.75, 3.05) is 24.2 Å². The summed E-state index contributed by atoms with van der Waals surface area (Å²) < 4.78 is 1.85. The third kappa shape index (κ3) is 4.44. The topological polar surface area (TPSA) is 93.0 Å². The number of hydrogen-bond acceptors (Lipinski definition) is 6. The fourth-order valence-corrected chi connectivity index (χ4v) is 4.81. The van der Waals surface area contributed by atoms with Gasteiger partial charge in [-0.05, 0) is 60.7 Å². The van der Waals surface area contributed by atoms with E-state index in [1.165, 1.54) is 24.6 Å². The van der Waals surface area contributed by atoms with Crippen molar-refractivity contribution in [2.24, 2.45) is 0 Å². The summed E-state index contributed by atoms with van der Waals surface area (Å²) in [6.07, 6.45) is 6.67. The number of tetrazole rings is 1. The molecule has 0 bridgehead atoms. The van der Waals surface area contributed by atoms with Crippen LogP contribution in [0.2, 0.25) is 0 Å². The van der Waals surface area contributed by atoms with E-state index in [1.54, 1.807) is 0 Å². The Bertz CT molecular complexity index is 887. The average Bonchev–Trinajstić information content (AvgIpc) is 3.49. The second-order valence-corrected chi connectivity index (χ2v) is 8.60. The standard InChI is InChI=1S/C20H26N6O2S/c1-14-16(19(28)25-11-4-5-12-25)9-6-10-17(14)21-18(27)13-29-20-22-23-24-26(20)15-7-2-3-8-15/h6,9-10,15H,2-5,7-8,11-13H2,1H3,(H,21,27). The zero-order valence-corrected chi connectivity index (χ0v) is 17.5. The molecule has 1 N–H and O–H groups in total.